The van der Waals surface area contributed by atoms with Gasteiger partial charge in [-0.1, -0.05) is 29.8 Å². The van der Waals surface area contributed by atoms with Gasteiger partial charge in [0.15, 0.2) is 0 Å². The van der Waals surface area contributed by atoms with Crippen LogP contribution in [0, 0.1) is 18.6 Å². The summed E-state index contributed by atoms with van der Waals surface area (Å²) in [5.41, 5.74) is 1.27. The molecule has 0 aromatic heterocycles. The molecule has 1 heterocycles. The second-order valence-electron chi connectivity index (χ2n) is 7.06. The van der Waals surface area contributed by atoms with Gasteiger partial charge in [-0.05, 0) is 54.4 Å². The monoisotopic (exact) mass is 454 g/mol. The van der Waals surface area contributed by atoms with Crippen molar-refractivity contribution in [2.24, 2.45) is 0 Å². The van der Waals surface area contributed by atoms with Crippen LogP contribution in [-0.4, -0.2) is 18.9 Å². The maximum Gasteiger partial charge on any atom is 0.282 e. The van der Waals surface area contributed by atoms with Crippen molar-refractivity contribution in [2.45, 2.75) is 6.92 Å². The Morgan fingerprint density at radius 2 is 1.69 bits per heavy atom. The zero-order valence-electron chi connectivity index (χ0n) is 17.1. The molecule has 0 aliphatic carbocycles. The fourth-order valence-corrected chi connectivity index (χ4v) is 3.60. The van der Waals surface area contributed by atoms with Gasteiger partial charge in [0.25, 0.3) is 11.8 Å². The summed E-state index contributed by atoms with van der Waals surface area (Å²) < 4.78 is 33.1. The van der Waals surface area contributed by atoms with Crippen molar-refractivity contribution in [3.63, 3.8) is 0 Å². The molecule has 0 saturated carbocycles. The molecule has 1 aliphatic heterocycles. The van der Waals surface area contributed by atoms with E-state index in [9.17, 15) is 18.4 Å². The summed E-state index contributed by atoms with van der Waals surface area (Å²) in [6.07, 6.45) is 0. The molecule has 3 aromatic carbocycles. The van der Waals surface area contributed by atoms with Gasteiger partial charge in [0.05, 0.1) is 18.4 Å². The summed E-state index contributed by atoms with van der Waals surface area (Å²) >= 11 is 6.19. The second kappa shape index (κ2) is 8.43. The first-order valence-corrected chi connectivity index (χ1v) is 9.94. The van der Waals surface area contributed by atoms with E-state index in [2.05, 4.69) is 5.32 Å². The van der Waals surface area contributed by atoms with E-state index in [1.165, 1.54) is 7.11 Å². The number of hydrogen-bond acceptors (Lipinski definition) is 4. The van der Waals surface area contributed by atoms with Crippen LogP contribution in [0.4, 0.5) is 20.2 Å². The van der Waals surface area contributed by atoms with Crippen LogP contribution in [0.5, 0.6) is 5.75 Å². The van der Waals surface area contributed by atoms with Crippen LogP contribution in [0.3, 0.4) is 0 Å². The minimum absolute atomic E-state index is 0.0424. The van der Waals surface area contributed by atoms with Crippen LogP contribution in [0.1, 0.15) is 11.1 Å². The molecule has 0 spiro atoms. The Morgan fingerprint density at radius 1 is 0.969 bits per heavy atom. The Balaban J connectivity index is 1.86. The lowest BCUT2D eigenvalue weighted by atomic mass is 10.0. The number of nitrogens with zero attached hydrogens (tertiary/aromatic N) is 1. The molecule has 162 valence electrons. The van der Waals surface area contributed by atoms with Gasteiger partial charge in [0.2, 0.25) is 0 Å². The van der Waals surface area contributed by atoms with Gasteiger partial charge in [-0.15, -0.1) is 0 Å². The number of nitrogens with one attached hydrogen (secondary N) is 1. The molecule has 0 bridgehead atoms. The molecule has 0 saturated heterocycles. The normalized spacial score (nSPS) is 13.7. The highest BCUT2D eigenvalue weighted by Gasteiger charge is 2.41. The molecule has 1 N–H and O–H groups in total. The number of carbonyl (C=O) groups is 2. The maximum absolute atomic E-state index is 14.5. The number of benzene rings is 3. The maximum atomic E-state index is 14.5. The Kier molecular flexibility index (Phi) is 5.67. The first-order chi connectivity index (χ1) is 15.3. The number of hydrogen-bond donors (Lipinski definition) is 1. The van der Waals surface area contributed by atoms with Gasteiger partial charge in [-0.25, -0.2) is 13.7 Å². The molecule has 32 heavy (non-hydrogen) atoms. The number of halogens is 3. The van der Waals surface area contributed by atoms with E-state index in [1.807, 2.05) is 0 Å². The van der Waals surface area contributed by atoms with E-state index in [-0.39, 0.29) is 17.0 Å². The topological polar surface area (TPSA) is 58.6 Å². The molecule has 2 amide bonds. The van der Waals surface area contributed by atoms with Crippen molar-refractivity contribution in [3.8, 4) is 5.75 Å². The predicted octanol–water partition coefficient (Wildman–Crippen LogP) is 5.33. The minimum atomic E-state index is -1.03. The quantitative estimate of drug-likeness (QED) is 0.529. The van der Waals surface area contributed by atoms with Crippen molar-refractivity contribution in [2.75, 3.05) is 17.3 Å². The largest absolute Gasteiger partial charge is 0.497 e. The summed E-state index contributed by atoms with van der Waals surface area (Å²) in [4.78, 5) is 27.4. The number of carbonyl (C=O) groups excluding carboxylic acids is 2. The summed E-state index contributed by atoms with van der Waals surface area (Å²) in [5, 5.41) is 3.47. The molecule has 0 atom stereocenters. The third-order valence-electron chi connectivity index (χ3n) is 5.14. The van der Waals surface area contributed by atoms with E-state index >= 15 is 0 Å². The van der Waals surface area contributed by atoms with E-state index in [0.717, 1.165) is 12.1 Å². The van der Waals surface area contributed by atoms with E-state index in [4.69, 9.17) is 16.3 Å². The van der Waals surface area contributed by atoms with Crippen LogP contribution >= 0.6 is 11.6 Å². The molecule has 8 heteroatoms. The summed E-state index contributed by atoms with van der Waals surface area (Å²) in [7, 11) is 1.51. The average molecular weight is 455 g/mol. The molecule has 0 fully saturated rings. The number of anilines is 2. The fraction of sp³-hybridized carbons (Fsp3) is 0.0833. The molecule has 3 aromatic rings. The molecule has 4 rings (SSSR count). The molecule has 0 radical (unpaired) electrons. The van der Waals surface area contributed by atoms with Crippen molar-refractivity contribution >= 4 is 40.4 Å². The number of rotatable bonds is 5. The Hall–Kier alpha value is -3.71. The lowest BCUT2D eigenvalue weighted by molar-refractivity contribution is -0.120. The van der Waals surface area contributed by atoms with Crippen LogP contribution < -0.4 is 15.0 Å². The summed E-state index contributed by atoms with van der Waals surface area (Å²) in [5.74, 6) is -2.80. The highest BCUT2D eigenvalue weighted by molar-refractivity contribution is 6.46. The Labute approximate surface area is 187 Å². The van der Waals surface area contributed by atoms with Crippen LogP contribution in [0.2, 0.25) is 5.02 Å². The molecule has 1 aliphatic rings. The van der Waals surface area contributed by atoms with Gasteiger partial charge >= 0.3 is 0 Å². The van der Waals surface area contributed by atoms with Crippen molar-refractivity contribution in [1.82, 2.24) is 0 Å². The van der Waals surface area contributed by atoms with Gasteiger partial charge in [0.1, 0.15) is 23.1 Å². The van der Waals surface area contributed by atoms with Gasteiger partial charge in [-0.2, -0.15) is 0 Å². The number of methoxy groups -OCH3 is 1. The van der Waals surface area contributed by atoms with Crippen LogP contribution in [0.15, 0.2) is 66.4 Å². The van der Waals surface area contributed by atoms with E-state index in [1.54, 1.807) is 49.4 Å². The minimum Gasteiger partial charge on any atom is -0.497 e. The summed E-state index contributed by atoms with van der Waals surface area (Å²) in [6, 6.07) is 14.3. The van der Waals surface area contributed by atoms with Gasteiger partial charge < -0.3 is 10.1 Å². The van der Waals surface area contributed by atoms with Gasteiger partial charge in [-0.3, -0.25) is 9.59 Å². The Bertz CT molecular complexity index is 1270. The number of amides is 2. The van der Waals surface area contributed by atoms with Crippen molar-refractivity contribution in [3.05, 3.63) is 94.1 Å². The molecule has 5 nitrogen and oxygen atoms in total. The lowest BCUT2D eigenvalue weighted by Crippen LogP contribution is -2.33. The molecular weight excluding hydrogens is 438 g/mol. The van der Waals surface area contributed by atoms with E-state index < -0.39 is 23.4 Å². The highest BCUT2D eigenvalue weighted by Crippen LogP contribution is 2.36. The fourth-order valence-electron chi connectivity index (χ4n) is 3.43. The number of imide groups is 1. The van der Waals surface area contributed by atoms with E-state index in [0.29, 0.717) is 38.6 Å². The van der Waals surface area contributed by atoms with Crippen LogP contribution in [0.25, 0.3) is 5.57 Å². The first kappa shape index (κ1) is 21.5. The molecule has 0 unspecified atom stereocenters. The second-order valence-corrected chi connectivity index (χ2v) is 7.46. The SMILES string of the molecule is COc1ccc(C2=C(Nc3cccc(Cl)c3C)C(=O)N(c3ccc(F)cc3F)C2=O)cc1. The summed E-state index contributed by atoms with van der Waals surface area (Å²) in [6.45, 7) is 1.76. The first-order valence-electron chi connectivity index (χ1n) is 9.56. The van der Waals surface area contributed by atoms with Crippen LogP contribution in [-0.2, 0) is 9.59 Å². The zero-order valence-corrected chi connectivity index (χ0v) is 17.8. The Morgan fingerprint density at radius 3 is 2.34 bits per heavy atom. The third-order valence-corrected chi connectivity index (χ3v) is 5.55. The highest BCUT2D eigenvalue weighted by atomic mass is 35.5. The lowest BCUT2D eigenvalue weighted by Gasteiger charge is -2.16. The average Bonchev–Trinajstić information content (AvgIpc) is 3.01. The smallest absolute Gasteiger partial charge is 0.282 e. The van der Waals surface area contributed by atoms with Crippen molar-refractivity contribution in [1.29, 1.82) is 0 Å². The standard InChI is InChI=1S/C24H17ClF2N2O3/c1-13-17(25)4-3-5-19(13)28-22-21(14-6-9-16(32-2)10-7-14)23(30)29(24(22)31)20-11-8-15(26)12-18(20)27/h3-12,28H,1-2H3. The zero-order chi connectivity index (χ0) is 23.0. The van der Waals surface area contributed by atoms with Crippen molar-refractivity contribution < 1.29 is 23.1 Å². The third kappa shape index (κ3) is 3.71. The predicted molar refractivity (Wildman–Crippen MR) is 119 cm³/mol. The van der Waals surface area contributed by atoms with Gasteiger partial charge in [0, 0.05) is 16.8 Å². The number of ether oxygens (including phenoxy) is 1. The molecular formula is C24H17ClF2N2O3.